The Labute approximate surface area is 113 Å². The quantitative estimate of drug-likeness (QED) is 0.745. The van der Waals surface area contributed by atoms with Gasteiger partial charge in [0.1, 0.15) is 5.02 Å². The molecule has 0 amide bonds. The first-order chi connectivity index (χ1) is 8.52. The van der Waals surface area contributed by atoms with Crippen molar-refractivity contribution in [1.82, 2.24) is 14.9 Å². The minimum absolute atomic E-state index is 0.122. The van der Waals surface area contributed by atoms with Crippen molar-refractivity contribution in [3.8, 4) is 0 Å². The van der Waals surface area contributed by atoms with Crippen LogP contribution >= 0.6 is 11.6 Å². The summed E-state index contributed by atoms with van der Waals surface area (Å²) in [5.74, 6) is 0.456. The van der Waals surface area contributed by atoms with Crippen LogP contribution in [0.1, 0.15) is 26.7 Å². The van der Waals surface area contributed by atoms with Crippen LogP contribution in [0.4, 0.5) is 5.82 Å². The number of hydrogen-bond donors (Lipinski definition) is 2. The van der Waals surface area contributed by atoms with E-state index in [-0.39, 0.29) is 10.6 Å². The molecule has 0 aliphatic carbocycles. The van der Waals surface area contributed by atoms with Gasteiger partial charge in [-0.1, -0.05) is 11.6 Å². The molecule has 0 bridgehead atoms. The highest BCUT2D eigenvalue weighted by atomic mass is 35.5. The number of aromatic amines is 1. The lowest BCUT2D eigenvalue weighted by Crippen LogP contribution is -2.27. The van der Waals surface area contributed by atoms with Gasteiger partial charge in [-0.15, -0.1) is 0 Å². The first-order valence-electron chi connectivity index (χ1n) is 6.19. The zero-order valence-electron chi connectivity index (χ0n) is 11.2. The van der Waals surface area contributed by atoms with E-state index in [1.54, 1.807) is 0 Å². The van der Waals surface area contributed by atoms with Crippen LogP contribution in [0.3, 0.4) is 0 Å². The summed E-state index contributed by atoms with van der Waals surface area (Å²) in [4.78, 5) is 19.9. The largest absolute Gasteiger partial charge is 0.369 e. The molecule has 1 heterocycles. The molecule has 0 aliphatic rings. The topological polar surface area (TPSA) is 61.0 Å². The summed E-state index contributed by atoms with van der Waals surface area (Å²) >= 11 is 5.82. The predicted molar refractivity (Wildman–Crippen MR) is 75.4 cm³/mol. The smallest absolute Gasteiger partial charge is 0.271 e. The summed E-state index contributed by atoms with van der Waals surface area (Å²) in [6.07, 6.45) is 3.47. The molecule has 1 rings (SSSR count). The van der Waals surface area contributed by atoms with E-state index in [1.165, 1.54) is 6.33 Å². The first-order valence-corrected chi connectivity index (χ1v) is 6.57. The maximum absolute atomic E-state index is 11.2. The van der Waals surface area contributed by atoms with E-state index in [0.29, 0.717) is 11.9 Å². The SMILES string of the molecule is CC(C)N(C)CCCCNc1nc[nH]c(=O)c1Cl. The van der Waals surface area contributed by atoms with E-state index >= 15 is 0 Å². The van der Waals surface area contributed by atoms with Crippen LogP contribution in [0.25, 0.3) is 0 Å². The number of H-pyrrole nitrogens is 1. The number of halogens is 1. The third-order valence-electron chi connectivity index (χ3n) is 2.91. The number of aromatic nitrogens is 2. The fourth-order valence-corrected chi connectivity index (χ4v) is 1.63. The molecular formula is C12H21ClN4O. The van der Waals surface area contributed by atoms with Crippen LogP contribution in [-0.4, -0.2) is 41.0 Å². The van der Waals surface area contributed by atoms with Gasteiger partial charge in [-0.05, 0) is 40.3 Å². The van der Waals surface area contributed by atoms with Gasteiger partial charge in [-0.25, -0.2) is 4.98 Å². The number of nitrogens with one attached hydrogen (secondary N) is 2. The van der Waals surface area contributed by atoms with Gasteiger partial charge >= 0.3 is 0 Å². The van der Waals surface area contributed by atoms with Crippen molar-refractivity contribution in [3.05, 3.63) is 21.7 Å². The molecule has 0 aromatic carbocycles. The first kappa shape index (κ1) is 15.0. The van der Waals surface area contributed by atoms with Crippen LogP contribution in [0.15, 0.2) is 11.1 Å². The van der Waals surface area contributed by atoms with E-state index in [1.807, 2.05) is 0 Å². The number of nitrogens with zero attached hydrogens (tertiary/aromatic N) is 2. The van der Waals surface area contributed by atoms with Crippen LogP contribution in [0, 0.1) is 0 Å². The second-order valence-corrected chi connectivity index (χ2v) is 4.98. The highest BCUT2D eigenvalue weighted by Gasteiger charge is 2.05. The Morgan fingerprint density at radius 2 is 2.22 bits per heavy atom. The zero-order chi connectivity index (χ0) is 13.5. The second kappa shape index (κ2) is 7.38. The van der Waals surface area contributed by atoms with Gasteiger partial charge < -0.3 is 15.2 Å². The van der Waals surface area contributed by atoms with Crippen LogP contribution in [0.5, 0.6) is 0 Å². The molecule has 2 N–H and O–H groups in total. The van der Waals surface area contributed by atoms with E-state index in [4.69, 9.17) is 11.6 Å². The fourth-order valence-electron chi connectivity index (χ4n) is 1.46. The van der Waals surface area contributed by atoms with Crippen molar-refractivity contribution in [2.24, 2.45) is 0 Å². The minimum Gasteiger partial charge on any atom is -0.369 e. The maximum Gasteiger partial charge on any atom is 0.271 e. The molecule has 0 saturated heterocycles. The normalized spacial score (nSPS) is 11.2. The molecule has 5 nitrogen and oxygen atoms in total. The lowest BCUT2D eigenvalue weighted by atomic mass is 10.2. The average molecular weight is 273 g/mol. The Kier molecular flexibility index (Phi) is 6.15. The molecule has 18 heavy (non-hydrogen) atoms. The van der Waals surface area contributed by atoms with Crippen molar-refractivity contribution in [1.29, 1.82) is 0 Å². The predicted octanol–water partition coefficient (Wildman–Crippen LogP) is 1.96. The molecule has 0 radical (unpaired) electrons. The Bertz CT molecular complexity index is 419. The monoisotopic (exact) mass is 272 g/mol. The van der Waals surface area contributed by atoms with Crippen molar-refractivity contribution in [2.45, 2.75) is 32.7 Å². The number of anilines is 1. The molecule has 1 aromatic rings. The maximum atomic E-state index is 11.2. The Morgan fingerprint density at radius 3 is 2.89 bits per heavy atom. The standard InChI is InChI=1S/C12H21ClN4O/c1-9(2)17(3)7-5-4-6-14-11-10(13)12(18)16-8-15-11/h8-9H,4-7H2,1-3H3,(H2,14,15,16,18). The molecule has 0 spiro atoms. The average Bonchev–Trinajstić information content (AvgIpc) is 2.33. The van der Waals surface area contributed by atoms with E-state index in [0.717, 1.165) is 25.9 Å². The Morgan fingerprint density at radius 1 is 1.50 bits per heavy atom. The van der Waals surface area contributed by atoms with Crippen molar-refractivity contribution in [2.75, 3.05) is 25.5 Å². The fraction of sp³-hybridized carbons (Fsp3) is 0.667. The molecule has 0 aliphatic heterocycles. The summed E-state index contributed by atoms with van der Waals surface area (Å²) in [6, 6.07) is 0.571. The summed E-state index contributed by atoms with van der Waals surface area (Å²) in [5, 5.41) is 3.20. The number of rotatable bonds is 7. The van der Waals surface area contributed by atoms with Crippen molar-refractivity contribution >= 4 is 17.4 Å². The Hall–Kier alpha value is -1.07. The zero-order valence-corrected chi connectivity index (χ0v) is 11.9. The van der Waals surface area contributed by atoms with Gasteiger partial charge in [0, 0.05) is 12.6 Å². The molecule has 0 unspecified atom stereocenters. The van der Waals surface area contributed by atoms with Crippen LogP contribution in [-0.2, 0) is 0 Å². The number of unbranched alkanes of at least 4 members (excludes halogenated alkanes) is 1. The second-order valence-electron chi connectivity index (χ2n) is 4.60. The van der Waals surface area contributed by atoms with E-state index < -0.39 is 0 Å². The van der Waals surface area contributed by atoms with Gasteiger partial charge in [0.05, 0.1) is 6.33 Å². The summed E-state index contributed by atoms with van der Waals surface area (Å²) < 4.78 is 0. The van der Waals surface area contributed by atoms with Crippen LogP contribution in [0.2, 0.25) is 5.02 Å². The van der Waals surface area contributed by atoms with Gasteiger partial charge in [-0.2, -0.15) is 0 Å². The van der Waals surface area contributed by atoms with Crippen LogP contribution < -0.4 is 10.9 Å². The highest BCUT2D eigenvalue weighted by molar-refractivity contribution is 6.32. The summed E-state index contributed by atoms with van der Waals surface area (Å²) in [6.45, 7) is 6.19. The molecule has 0 fully saturated rings. The third kappa shape index (κ3) is 4.66. The van der Waals surface area contributed by atoms with E-state index in [9.17, 15) is 4.79 Å². The van der Waals surface area contributed by atoms with Crippen molar-refractivity contribution in [3.63, 3.8) is 0 Å². The summed E-state index contributed by atoms with van der Waals surface area (Å²) in [5.41, 5.74) is -0.311. The van der Waals surface area contributed by atoms with Gasteiger partial charge in [-0.3, -0.25) is 4.79 Å². The number of hydrogen-bond acceptors (Lipinski definition) is 4. The lowest BCUT2D eigenvalue weighted by molar-refractivity contribution is 0.269. The van der Waals surface area contributed by atoms with E-state index in [2.05, 4.69) is 41.1 Å². The Balaban J connectivity index is 2.26. The minimum atomic E-state index is -0.311. The van der Waals surface area contributed by atoms with Gasteiger partial charge in [0.2, 0.25) is 0 Å². The molecule has 6 heteroatoms. The summed E-state index contributed by atoms with van der Waals surface area (Å²) in [7, 11) is 2.12. The molecular weight excluding hydrogens is 252 g/mol. The molecule has 102 valence electrons. The molecule has 0 saturated carbocycles. The molecule has 1 aromatic heterocycles. The van der Waals surface area contributed by atoms with Crippen molar-refractivity contribution < 1.29 is 0 Å². The highest BCUT2D eigenvalue weighted by Crippen LogP contribution is 2.11. The van der Waals surface area contributed by atoms with Gasteiger partial charge in [0.15, 0.2) is 5.82 Å². The van der Waals surface area contributed by atoms with Gasteiger partial charge in [0.25, 0.3) is 5.56 Å². The molecule has 0 atom stereocenters. The lowest BCUT2D eigenvalue weighted by Gasteiger charge is -2.20. The third-order valence-corrected chi connectivity index (χ3v) is 3.26.